The maximum Gasteiger partial charge on any atom is 0.381 e. The molecule has 3 aromatic rings. The zero-order valence-corrected chi connectivity index (χ0v) is 13.1. The summed E-state index contributed by atoms with van der Waals surface area (Å²) in [5.41, 5.74) is 1.66. The Morgan fingerprint density at radius 1 is 1.08 bits per heavy atom. The molecule has 1 aromatic carbocycles. The molecule has 7 nitrogen and oxygen atoms in total. The van der Waals surface area contributed by atoms with E-state index in [1.807, 2.05) is 0 Å². The highest BCUT2D eigenvalue weighted by atomic mass is 19.1. The summed E-state index contributed by atoms with van der Waals surface area (Å²) in [5, 5.41) is 3.98. The smallest absolute Gasteiger partial charge is 0.381 e. The Morgan fingerprint density at radius 2 is 1.72 bits per heavy atom. The van der Waals surface area contributed by atoms with Crippen molar-refractivity contribution in [2.24, 2.45) is 0 Å². The second kappa shape index (κ2) is 6.52. The van der Waals surface area contributed by atoms with Gasteiger partial charge in [0, 0.05) is 23.5 Å². The van der Waals surface area contributed by atoms with E-state index in [4.69, 9.17) is 5.84 Å². The first kappa shape index (κ1) is 16.3. The second-order valence-corrected chi connectivity index (χ2v) is 5.08. The predicted octanol–water partition coefficient (Wildman–Crippen LogP) is 1.82. The fourth-order valence-electron chi connectivity index (χ4n) is 2.46. The number of rotatable bonds is 4. The van der Waals surface area contributed by atoms with Gasteiger partial charge in [0.2, 0.25) is 0 Å². The molecule has 0 unspecified atom stereocenters. The van der Waals surface area contributed by atoms with Crippen LogP contribution < -0.4 is 5.84 Å². The molecular formula is C17H13FN4O3. The van der Waals surface area contributed by atoms with Gasteiger partial charge in [0.15, 0.2) is 5.69 Å². The standard InChI is InChI=1S/C17H13FN4O3/c1-25-17(24)16(23)14-13(10-6-8-20-9-7-10)15(22(19)21-14)11-2-4-12(18)5-3-11/h2-9H,19H2,1H3. The number of Topliss-reactive ketones (excluding diaryl/α,β-unsaturated/α-hetero) is 1. The van der Waals surface area contributed by atoms with Crippen molar-refractivity contribution in [2.75, 3.05) is 13.0 Å². The number of ketones is 1. The third-order valence-corrected chi connectivity index (χ3v) is 3.58. The van der Waals surface area contributed by atoms with Crippen LogP contribution in [0.3, 0.4) is 0 Å². The first-order chi connectivity index (χ1) is 12.0. The number of esters is 1. The Morgan fingerprint density at radius 3 is 2.32 bits per heavy atom. The summed E-state index contributed by atoms with van der Waals surface area (Å²) in [5.74, 6) is 3.52. The highest BCUT2D eigenvalue weighted by molar-refractivity contribution is 6.41. The summed E-state index contributed by atoms with van der Waals surface area (Å²) in [6, 6.07) is 8.84. The molecule has 0 bridgehead atoms. The Hall–Kier alpha value is -3.55. The van der Waals surface area contributed by atoms with Crippen molar-refractivity contribution in [3.05, 3.63) is 60.3 Å². The van der Waals surface area contributed by atoms with Gasteiger partial charge < -0.3 is 10.6 Å². The Labute approximate surface area is 141 Å². The van der Waals surface area contributed by atoms with E-state index in [1.54, 1.807) is 12.1 Å². The number of benzene rings is 1. The number of carbonyl (C=O) groups excluding carboxylic acids is 2. The van der Waals surface area contributed by atoms with Gasteiger partial charge in [-0.2, -0.15) is 4.79 Å². The molecule has 0 radical (unpaired) electrons. The molecule has 126 valence electrons. The first-order valence-electron chi connectivity index (χ1n) is 7.20. The summed E-state index contributed by atoms with van der Waals surface area (Å²) in [6.45, 7) is 0. The van der Waals surface area contributed by atoms with E-state index < -0.39 is 17.6 Å². The fraction of sp³-hybridized carbons (Fsp3) is 0.0588. The van der Waals surface area contributed by atoms with Crippen molar-refractivity contribution in [1.29, 1.82) is 0 Å². The van der Waals surface area contributed by atoms with Gasteiger partial charge >= 0.3 is 5.97 Å². The molecule has 0 atom stereocenters. The maximum absolute atomic E-state index is 13.2. The first-order valence-corrected chi connectivity index (χ1v) is 7.20. The van der Waals surface area contributed by atoms with E-state index >= 15 is 0 Å². The molecule has 8 heteroatoms. The normalized spacial score (nSPS) is 10.5. The van der Waals surface area contributed by atoms with E-state index in [1.165, 1.54) is 36.7 Å². The number of halogens is 1. The maximum atomic E-state index is 13.2. The average Bonchev–Trinajstić information content (AvgIpc) is 2.99. The number of hydrogen-bond donors (Lipinski definition) is 1. The lowest BCUT2D eigenvalue weighted by Gasteiger charge is -2.07. The number of nitrogens with zero attached hydrogens (tertiary/aromatic N) is 3. The number of carbonyl (C=O) groups is 2. The largest absolute Gasteiger partial charge is 0.463 e. The summed E-state index contributed by atoms with van der Waals surface area (Å²) >= 11 is 0. The summed E-state index contributed by atoms with van der Waals surface area (Å²) < 4.78 is 17.7. The second-order valence-electron chi connectivity index (χ2n) is 5.08. The lowest BCUT2D eigenvalue weighted by Crippen LogP contribution is -2.18. The van der Waals surface area contributed by atoms with Crippen molar-refractivity contribution in [3.8, 4) is 22.4 Å². The molecule has 0 aliphatic rings. The van der Waals surface area contributed by atoms with Crippen LogP contribution in [0.2, 0.25) is 0 Å². The third-order valence-electron chi connectivity index (χ3n) is 3.58. The molecule has 0 saturated heterocycles. The molecule has 0 fully saturated rings. The SMILES string of the molecule is COC(=O)C(=O)c1nn(N)c(-c2ccc(F)cc2)c1-c1ccncc1. The van der Waals surface area contributed by atoms with Crippen LogP contribution in [0.4, 0.5) is 4.39 Å². The Balaban J connectivity index is 2.28. The van der Waals surface area contributed by atoms with Crippen LogP contribution in [0.15, 0.2) is 48.8 Å². The van der Waals surface area contributed by atoms with Gasteiger partial charge in [0.1, 0.15) is 11.5 Å². The molecule has 2 N–H and O–H groups in total. The van der Waals surface area contributed by atoms with Crippen LogP contribution >= 0.6 is 0 Å². The van der Waals surface area contributed by atoms with Gasteiger partial charge in [-0.25, -0.2) is 9.18 Å². The van der Waals surface area contributed by atoms with E-state index in [0.29, 0.717) is 22.4 Å². The van der Waals surface area contributed by atoms with Gasteiger partial charge in [0.05, 0.1) is 7.11 Å². The molecule has 25 heavy (non-hydrogen) atoms. The van der Waals surface area contributed by atoms with Crippen LogP contribution in [-0.2, 0) is 9.53 Å². The van der Waals surface area contributed by atoms with Gasteiger partial charge in [0.25, 0.3) is 5.78 Å². The molecule has 0 aliphatic heterocycles. The molecule has 2 heterocycles. The van der Waals surface area contributed by atoms with E-state index in [2.05, 4.69) is 14.8 Å². The molecule has 2 aromatic heterocycles. The van der Waals surface area contributed by atoms with Crippen LogP contribution in [0.25, 0.3) is 22.4 Å². The highest BCUT2D eigenvalue weighted by Gasteiger charge is 2.29. The Bertz CT molecular complexity index is 937. The highest BCUT2D eigenvalue weighted by Crippen LogP contribution is 2.34. The predicted molar refractivity (Wildman–Crippen MR) is 87.3 cm³/mol. The van der Waals surface area contributed by atoms with Crippen LogP contribution in [0, 0.1) is 5.82 Å². The fourth-order valence-corrected chi connectivity index (χ4v) is 2.46. The van der Waals surface area contributed by atoms with E-state index in [-0.39, 0.29) is 5.69 Å². The minimum atomic E-state index is -1.06. The molecule has 0 amide bonds. The average molecular weight is 340 g/mol. The molecule has 0 saturated carbocycles. The quantitative estimate of drug-likeness (QED) is 0.336. The lowest BCUT2D eigenvalue weighted by molar-refractivity contribution is -0.135. The topological polar surface area (TPSA) is 100 Å². The van der Waals surface area contributed by atoms with Crippen LogP contribution in [0.1, 0.15) is 10.5 Å². The number of methoxy groups -OCH3 is 1. The molecular weight excluding hydrogens is 327 g/mol. The minimum absolute atomic E-state index is 0.153. The summed E-state index contributed by atoms with van der Waals surface area (Å²) in [6.07, 6.45) is 3.06. The minimum Gasteiger partial charge on any atom is -0.463 e. The number of nitrogens with two attached hydrogens (primary N) is 1. The van der Waals surface area contributed by atoms with Gasteiger partial charge in [-0.3, -0.25) is 9.78 Å². The number of pyridine rings is 1. The van der Waals surface area contributed by atoms with Gasteiger partial charge in [-0.1, -0.05) is 0 Å². The Kier molecular flexibility index (Phi) is 4.25. The van der Waals surface area contributed by atoms with Crippen molar-refractivity contribution < 1.29 is 18.7 Å². The summed E-state index contributed by atoms with van der Waals surface area (Å²) in [4.78, 5) is 28.9. The number of hydrogen-bond acceptors (Lipinski definition) is 6. The summed E-state index contributed by atoms with van der Waals surface area (Å²) in [7, 11) is 1.10. The third kappa shape index (κ3) is 2.97. The zero-order valence-electron chi connectivity index (χ0n) is 13.1. The van der Waals surface area contributed by atoms with Crippen molar-refractivity contribution in [1.82, 2.24) is 14.9 Å². The van der Waals surface area contributed by atoms with Gasteiger partial charge in [-0.15, -0.1) is 5.10 Å². The molecule has 0 spiro atoms. The number of nitrogen functional groups attached to an aromatic ring is 1. The van der Waals surface area contributed by atoms with Crippen molar-refractivity contribution in [3.63, 3.8) is 0 Å². The molecule has 0 aliphatic carbocycles. The van der Waals surface area contributed by atoms with Gasteiger partial charge in [-0.05, 0) is 42.0 Å². The van der Waals surface area contributed by atoms with Crippen molar-refractivity contribution >= 4 is 11.8 Å². The number of aromatic nitrogens is 3. The van der Waals surface area contributed by atoms with E-state index in [0.717, 1.165) is 11.9 Å². The molecule has 3 rings (SSSR count). The van der Waals surface area contributed by atoms with Crippen molar-refractivity contribution in [2.45, 2.75) is 0 Å². The zero-order chi connectivity index (χ0) is 18.0. The van der Waals surface area contributed by atoms with Crippen LogP contribution in [0.5, 0.6) is 0 Å². The van der Waals surface area contributed by atoms with Crippen LogP contribution in [-0.4, -0.2) is 33.7 Å². The van der Waals surface area contributed by atoms with E-state index in [9.17, 15) is 14.0 Å². The lowest BCUT2D eigenvalue weighted by atomic mass is 9.98. The number of ether oxygens (including phenoxy) is 1. The monoisotopic (exact) mass is 340 g/mol.